The van der Waals surface area contributed by atoms with Crippen LogP contribution in [-0.2, 0) is 4.79 Å². The number of nitrogens with zero attached hydrogens (tertiary/aromatic N) is 2. The lowest BCUT2D eigenvalue weighted by atomic mass is 10.0. The summed E-state index contributed by atoms with van der Waals surface area (Å²) < 4.78 is 0. The normalized spacial score (nSPS) is 10.1. The maximum atomic E-state index is 12.0. The highest BCUT2D eigenvalue weighted by Crippen LogP contribution is 2.29. The third-order valence-corrected chi connectivity index (χ3v) is 2.58. The molecule has 0 bridgehead atoms. The van der Waals surface area contributed by atoms with E-state index in [1.807, 2.05) is 0 Å². The molecule has 0 spiro atoms. The Morgan fingerprint density at radius 3 is 2.00 bits per heavy atom. The summed E-state index contributed by atoms with van der Waals surface area (Å²) in [5, 5.41) is 21.7. The number of ketones is 2. The van der Waals surface area contributed by atoms with E-state index < -0.39 is 44.8 Å². The van der Waals surface area contributed by atoms with E-state index >= 15 is 0 Å². The first-order valence-corrected chi connectivity index (χ1v) is 5.85. The molecule has 0 N–H and O–H groups in total. The Morgan fingerprint density at radius 2 is 1.60 bits per heavy atom. The van der Waals surface area contributed by atoms with E-state index in [-0.39, 0.29) is 6.42 Å². The van der Waals surface area contributed by atoms with Gasteiger partial charge in [-0.2, -0.15) is 0 Å². The first kappa shape index (κ1) is 15.4. The SMILES string of the molecule is CCCC(=O)CC(=O)c1c([N+](=O)[O-])cccc1[N+](=O)[O-]. The highest BCUT2D eigenvalue weighted by molar-refractivity contribution is 6.12. The van der Waals surface area contributed by atoms with Gasteiger partial charge in [0.15, 0.2) is 11.3 Å². The van der Waals surface area contributed by atoms with Crippen LogP contribution in [0.4, 0.5) is 11.4 Å². The molecular weight excluding hydrogens is 268 g/mol. The third kappa shape index (κ3) is 3.44. The third-order valence-electron chi connectivity index (χ3n) is 2.58. The van der Waals surface area contributed by atoms with Crippen LogP contribution < -0.4 is 0 Å². The average Bonchev–Trinajstić information content (AvgIpc) is 2.37. The number of nitro groups is 2. The second-order valence-electron chi connectivity index (χ2n) is 4.07. The van der Waals surface area contributed by atoms with Crippen LogP contribution in [0.1, 0.15) is 36.5 Å². The van der Waals surface area contributed by atoms with Crippen molar-refractivity contribution in [3.63, 3.8) is 0 Å². The Labute approximate surface area is 113 Å². The molecule has 1 aromatic rings. The van der Waals surface area contributed by atoms with Crippen LogP contribution >= 0.6 is 0 Å². The highest BCUT2D eigenvalue weighted by Gasteiger charge is 2.30. The van der Waals surface area contributed by atoms with E-state index in [0.717, 1.165) is 18.2 Å². The Balaban J connectivity index is 3.26. The van der Waals surface area contributed by atoms with Crippen molar-refractivity contribution in [3.05, 3.63) is 44.0 Å². The predicted octanol–water partition coefficient (Wildman–Crippen LogP) is 2.45. The van der Waals surface area contributed by atoms with E-state index in [0.29, 0.717) is 6.42 Å². The molecule has 0 saturated carbocycles. The number of hydrogen-bond acceptors (Lipinski definition) is 6. The molecule has 0 aliphatic heterocycles. The van der Waals surface area contributed by atoms with Crippen molar-refractivity contribution in [2.75, 3.05) is 0 Å². The lowest BCUT2D eigenvalue weighted by molar-refractivity contribution is -0.394. The summed E-state index contributed by atoms with van der Waals surface area (Å²) in [5.41, 5.74) is -1.94. The van der Waals surface area contributed by atoms with Crippen molar-refractivity contribution < 1.29 is 19.4 Å². The van der Waals surface area contributed by atoms with Crippen LogP contribution in [0.5, 0.6) is 0 Å². The molecule has 0 heterocycles. The molecule has 0 saturated heterocycles. The fraction of sp³-hybridized carbons (Fsp3) is 0.333. The van der Waals surface area contributed by atoms with Crippen molar-refractivity contribution in [1.82, 2.24) is 0 Å². The van der Waals surface area contributed by atoms with E-state index in [9.17, 15) is 29.8 Å². The molecule has 106 valence electrons. The number of carbonyl (C=O) groups is 2. The fourth-order valence-electron chi connectivity index (χ4n) is 1.75. The van der Waals surface area contributed by atoms with Gasteiger partial charge in [0.05, 0.1) is 16.3 Å². The smallest absolute Gasteiger partial charge is 0.287 e. The molecule has 0 aromatic heterocycles. The van der Waals surface area contributed by atoms with Crippen molar-refractivity contribution >= 4 is 22.9 Å². The molecule has 0 radical (unpaired) electrons. The number of hydrogen-bond donors (Lipinski definition) is 0. The summed E-state index contributed by atoms with van der Waals surface area (Å²) >= 11 is 0. The monoisotopic (exact) mass is 280 g/mol. The Kier molecular flexibility index (Phi) is 5.01. The summed E-state index contributed by atoms with van der Waals surface area (Å²) in [7, 11) is 0. The van der Waals surface area contributed by atoms with Gasteiger partial charge >= 0.3 is 0 Å². The van der Waals surface area contributed by atoms with Gasteiger partial charge in [-0.25, -0.2) is 0 Å². The van der Waals surface area contributed by atoms with Crippen LogP contribution in [0.2, 0.25) is 0 Å². The van der Waals surface area contributed by atoms with Gasteiger partial charge in [0.2, 0.25) is 0 Å². The lowest BCUT2D eigenvalue weighted by Crippen LogP contribution is -2.12. The minimum Gasteiger partial charge on any atom is -0.299 e. The second kappa shape index (κ2) is 6.50. The molecule has 0 aliphatic carbocycles. The number of rotatable bonds is 7. The quantitative estimate of drug-likeness (QED) is 0.327. The zero-order valence-corrected chi connectivity index (χ0v) is 10.7. The molecule has 1 rings (SSSR count). The Hall–Kier alpha value is -2.64. The minimum atomic E-state index is -0.901. The molecule has 0 atom stereocenters. The fourth-order valence-corrected chi connectivity index (χ4v) is 1.75. The molecule has 8 heteroatoms. The van der Waals surface area contributed by atoms with Crippen LogP contribution in [0.3, 0.4) is 0 Å². The van der Waals surface area contributed by atoms with E-state index in [2.05, 4.69) is 0 Å². The standard InChI is InChI=1S/C12H12N2O6/c1-2-4-8(15)7-11(16)12-9(13(17)18)5-3-6-10(12)14(19)20/h3,5-6H,2,4,7H2,1H3. The minimum absolute atomic E-state index is 0.153. The second-order valence-corrected chi connectivity index (χ2v) is 4.07. The van der Waals surface area contributed by atoms with Crippen LogP contribution in [0.25, 0.3) is 0 Å². The lowest BCUT2D eigenvalue weighted by Gasteiger charge is -2.03. The van der Waals surface area contributed by atoms with E-state index in [1.54, 1.807) is 6.92 Å². The van der Waals surface area contributed by atoms with Gasteiger partial charge in [-0.1, -0.05) is 6.92 Å². The van der Waals surface area contributed by atoms with Gasteiger partial charge in [0.25, 0.3) is 11.4 Å². The summed E-state index contributed by atoms with van der Waals surface area (Å²) in [6, 6.07) is 3.13. The molecule has 0 unspecified atom stereocenters. The largest absolute Gasteiger partial charge is 0.299 e. The zero-order chi connectivity index (χ0) is 15.3. The summed E-state index contributed by atoms with van der Waals surface area (Å²) in [5.74, 6) is -1.30. The summed E-state index contributed by atoms with van der Waals surface area (Å²) in [6.45, 7) is 1.75. The Bertz CT molecular complexity index is 549. The first-order valence-electron chi connectivity index (χ1n) is 5.85. The van der Waals surface area contributed by atoms with Gasteiger partial charge in [-0.15, -0.1) is 0 Å². The van der Waals surface area contributed by atoms with Gasteiger partial charge in [0.1, 0.15) is 5.78 Å². The number of benzene rings is 1. The van der Waals surface area contributed by atoms with Crippen molar-refractivity contribution in [2.45, 2.75) is 26.2 Å². The zero-order valence-electron chi connectivity index (χ0n) is 10.7. The molecule has 0 amide bonds. The van der Waals surface area contributed by atoms with Gasteiger partial charge in [-0.3, -0.25) is 29.8 Å². The average molecular weight is 280 g/mol. The molecule has 1 aromatic carbocycles. The number of nitro benzene ring substituents is 2. The van der Waals surface area contributed by atoms with Gasteiger partial charge < -0.3 is 0 Å². The predicted molar refractivity (Wildman–Crippen MR) is 68.6 cm³/mol. The molecule has 20 heavy (non-hydrogen) atoms. The van der Waals surface area contributed by atoms with Gasteiger partial charge in [0, 0.05) is 18.6 Å². The molecular formula is C12H12N2O6. The Morgan fingerprint density at radius 1 is 1.10 bits per heavy atom. The maximum Gasteiger partial charge on any atom is 0.287 e. The topological polar surface area (TPSA) is 120 Å². The maximum absolute atomic E-state index is 12.0. The number of carbonyl (C=O) groups excluding carboxylic acids is 2. The summed E-state index contributed by atoms with van der Waals surface area (Å²) in [4.78, 5) is 43.4. The van der Waals surface area contributed by atoms with Gasteiger partial charge in [-0.05, 0) is 12.5 Å². The van der Waals surface area contributed by atoms with E-state index in [1.165, 1.54) is 0 Å². The summed E-state index contributed by atoms with van der Waals surface area (Å²) in [6.07, 6.45) is 0.116. The van der Waals surface area contributed by atoms with Crippen LogP contribution in [0.15, 0.2) is 18.2 Å². The highest BCUT2D eigenvalue weighted by atomic mass is 16.6. The van der Waals surface area contributed by atoms with Crippen LogP contribution in [-0.4, -0.2) is 21.4 Å². The first-order chi connectivity index (χ1) is 9.38. The number of Topliss-reactive ketones (excluding diaryl/α,β-unsaturated/α-hetero) is 2. The molecule has 0 aliphatic rings. The van der Waals surface area contributed by atoms with Crippen molar-refractivity contribution in [2.24, 2.45) is 0 Å². The van der Waals surface area contributed by atoms with Crippen molar-refractivity contribution in [1.29, 1.82) is 0 Å². The van der Waals surface area contributed by atoms with Crippen molar-refractivity contribution in [3.8, 4) is 0 Å². The van der Waals surface area contributed by atoms with E-state index in [4.69, 9.17) is 0 Å². The van der Waals surface area contributed by atoms with Crippen LogP contribution in [0, 0.1) is 20.2 Å². The molecule has 0 fully saturated rings. The molecule has 8 nitrogen and oxygen atoms in total.